The van der Waals surface area contributed by atoms with Crippen molar-refractivity contribution < 1.29 is 8.42 Å². The van der Waals surface area contributed by atoms with Gasteiger partial charge in [-0.2, -0.15) is 5.10 Å². The zero-order chi connectivity index (χ0) is 19.7. The Bertz CT molecular complexity index is 769. The van der Waals surface area contributed by atoms with Gasteiger partial charge in [0.1, 0.15) is 0 Å². The highest BCUT2D eigenvalue weighted by Gasteiger charge is 2.42. The molecule has 0 aromatic carbocycles. The van der Waals surface area contributed by atoms with Gasteiger partial charge in [0.15, 0.2) is 0 Å². The summed E-state index contributed by atoms with van der Waals surface area (Å²) in [5.74, 6) is 2.05. The number of aryl methyl sites for hydroxylation is 1. The Balaban J connectivity index is 1.41. The lowest BCUT2D eigenvalue weighted by atomic mass is 9.74. The van der Waals surface area contributed by atoms with Crippen molar-refractivity contribution in [2.24, 2.45) is 13.0 Å². The molecule has 1 aromatic heterocycles. The van der Waals surface area contributed by atoms with E-state index in [1.807, 2.05) is 6.92 Å². The lowest BCUT2D eigenvalue weighted by Crippen LogP contribution is -2.56. The molecule has 1 saturated carbocycles. The Labute approximate surface area is 170 Å². The molecule has 0 spiro atoms. The lowest BCUT2D eigenvalue weighted by molar-refractivity contribution is 0.0306. The van der Waals surface area contributed by atoms with Crippen LogP contribution in [-0.4, -0.2) is 54.5 Å². The molecule has 3 saturated heterocycles. The molecule has 28 heavy (non-hydrogen) atoms. The summed E-state index contributed by atoms with van der Waals surface area (Å²) in [6.45, 7) is 4.60. The second-order valence-electron chi connectivity index (χ2n) is 9.16. The summed E-state index contributed by atoms with van der Waals surface area (Å²) in [6.07, 6.45) is 9.60. The highest BCUT2D eigenvalue weighted by atomic mass is 32.2. The third-order valence-corrected chi connectivity index (χ3v) is 8.78. The van der Waals surface area contributed by atoms with Crippen molar-refractivity contribution in [3.63, 3.8) is 0 Å². The van der Waals surface area contributed by atoms with Gasteiger partial charge in [0.25, 0.3) is 0 Å². The smallest absolute Gasteiger partial charge is 0.211 e. The van der Waals surface area contributed by atoms with Crippen LogP contribution in [0.2, 0.25) is 0 Å². The summed E-state index contributed by atoms with van der Waals surface area (Å²) in [6, 6.07) is 2.73. The predicted octanol–water partition coefficient (Wildman–Crippen LogP) is 2.98. The summed E-state index contributed by atoms with van der Waals surface area (Å²) >= 11 is 0. The molecule has 7 heteroatoms. The second-order valence-corrected chi connectivity index (χ2v) is 11.1. The van der Waals surface area contributed by atoms with E-state index in [1.54, 1.807) is 0 Å². The van der Waals surface area contributed by atoms with Gasteiger partial charge in [-0.25, -0.2) is 13.1 Å². The molecule has 4 aliphatic rings. The summed E-state index contributed by atoms with van der Waals surface area (Å²) in [5, 5.41) is 4.91. The first-order chi connectivity index (χ1) is 13.5. The van der Waals surface area contributed by atoms with Crippen LogP contribution in [0.25, 0.3) is 0 Å². The van der Waals surface area contributed by atoms with Crippen LogP contribution in [0, 0.1) is 5.92 Å². The van der Waals surface area contributed by atoms with Crippen molar-refractivity contribution in [2.75, 3.05) is 25.4 Å². The van der Waals surface area contributed by atoms with Gasteiger partial charge in [-0.15, -0.1) is 0 Å². The van der Waals surface area contributed by atoms with Gasteiger partial charge in [0, 0.05) is 43.7 Å². The number of rotatable bonds is 7. The normalized spacial score (nSPS) is 31.4. The summed E-state index contributed by atoms with van der Waals surface area (Å²) in [5.41, 5.74) is 2.69. The molecule has 3 aliphatic heterocycles. The number of nitrogens with one attached hydrogen (secondary N) is 1. The van der Waals surface area contributed by atoms with Gasteiger partial charge in [-0.3, -0.25) is 9.58 Å². The Hall–Kier alpha value is -0.920. The molecular formula is C21H36N4O2S. The molecule has 0 amide bonds. The molecule has 4 atom stereocenters. The van der Waals surface area contributed by atoms with E-state index in [2.05, 4.69) is 27.4 Å². The first-order valence-electron chi connectivity index (χ1n) is 11.2. The third-order valence-electron chi connectivity index (χ3n) is 7.23. The van der Waals surface area contributed by atoms with Gasteiger partial charge in [0.05, 0.1) is 11.4 Å². The highest BCUT2D eigenvalue weighted by molar-refractivity contribution is 7.89. The molecule has 4 heterocycles. The molecule has 6 nitrogen and oxygen atoms in total. The largest absolute Gasteiger partial charge is 0.298 e. The van der Waals surface area contributed by atoms with E-state index in [0.717, 1.165) is 19.5 Å². The average Bonchev–Trinajstić information content (AvgIpc) is 3.09. The predicted molar refractivity (Wildman–Crippen MR) is 112 cm³/mol. The maximum atomic E-state index is 12.0. The van der Waals surface area contributed by atoms with Crippen molar-refractivity contribution in [3.05, 3.63) is 17.5 Å². The summed E-state index contributed by atoms with van der Waals surface area (Å²) in [7, 11) is -1.01. The maximum absolute atomic E-state index is 12.0. The number of hydrogen-bond acceptors (Lipinski definition) is 4. The molecule has 1 aromatic rings. The Morgan fingerprint density at radius 3 is 2.68 bits per heavy atom. The number of fused-ring (bicyclic) bond motifs is 3. The van der Waals surface area contributed by atoms with Gasteiger partial charge >= 0.3 is 0 Å². The van der Waals surface area contributed by atoms with Crippen molar-refractivity contribution in [1.82, 2.24) is 19.4 Å². The van der Waals surface area contributed by atoms with Crippen LogP contribution < -0.4 is 4.72 Å². The van der Waals surface area contributed by atoms with Crippen molar-refractivity contribution in [3.8, 4) is 0 Å². The van der Waals surface area contributed by atoms with Crippen LogP contribution in [0.4, 0.5) is 0 Å². The molecule has 2 bridgehead atoms. The minimum absolute atomic E-state index is 0.227. The van der Waals surface area contributed by atoms with Crippen LogP contribution >= 0.6 is 0 Å². The van der Waals surface area contributed by atoms with Gasteiger partial charge in [0.2, 0.25) is 10.0 Å². The van der Waals surface area contributed by atoms with Crippen LogP contribution in [0.5, 0.6) is 0 Å². The van der Waals surface area contributed by atoms with E-state index < -0.39 is 10.0 Å². The zero-order valence-electron chi connectivity index (χ0n) is 17.4. The minimum atomic E-state index is -3.12. The van der Waals surface area contributed by atoms with E-state index in [1.165, 1.54) is 49.9 Å². The first kappa shape index (κ1) is 20.4. The van der Waals surface area contributed by atoms with Gasteiger partial charge in [-0.05, 0) is 50.6 Å². The number of nitrogens with zero attached hydrogens (tertiary/aromatic N) is 3. The number of hydrogen-bond donors (Lipinski definition) is 1. The lowest BCUT2D eigenvalue weighted by Gasteiger charge is -2.50. The van der Waals surface area contributed by atoms with Crippen LogP contribution in [0.3, 0.4) is 0 Å². The number of piperidine rings is 3. The molecule has 1 aliphatic carbocycles. The first-order valence-corrected chi connectivity index (χ1v) is 12.9. The molecule has 158 valence electrons. The van der Waals surface area contributed by atoms with E-state index in [4.69, 9.17) is 5.10 Å². The van der Waals surface area contributed by atoms with Crippen molar-refractivity contribution in [1.29, 1.82) is 0 Å². The topological polar surface area (TPSA) is 67.2 Å². The van der Waals surface area contributed by atoms with E-state index >= 15 is 0 Å². The molecular weight excluding hydrogens is 372 g/mol. The minimum Gasteiger partial charge on any atom is -0.298 e. The SMILES string of the molecule is CCCS(=O)(=O)NCC1CC2CCN1CC2c1cc(C2CCCCC2)nn1C. The Morgan fingerprint density at radius 1 is 1.21 bits per heavy atom. The van der Waals surface area contributed by atoms with E-state index in [-0.39, 0.29) is 5.75 Å². The van der Waals surface area contributed by atoms with E-state index in [9.17, 15) is 8.42 Å². The fraction of sp³-hybridized carbons (Fsp3) is 0.857. The van der Waals surface area contributed by atoms with Crippen molar-refractivity contribution >= 4 is 10.0 Å². The van der Waals surface area contributed by atoms with Gasteiger partial charge in [-0.1, -0.05) is 26.2 Å². The monoisotopic (exact) mass is 408 g/mol. The molecule has 5 rings (SSSR count). The zero-order valence-corrected chi connectivity index (χ0v) is 18.3. The maximum Gasteiger partial charge on any atom is 0.211 e. The quantitative estimate of drug-likeness (QED) is 0.753. The standard InChI is InChI=1S/C21H36N4O2S/c1-3-11-28(26,27)22-14-18-12-17-9-10-25(18)15-19(17)21-13-20(23-24(21)2)16-7-5-4-6-8-16/h13,16-19,22H,3-12,14-15H2,1-2H3. The summed E-state index contributed by atoms with van der Waals surface area (Å²) in [4.78, 5) is 2.51. The molecule has 0 radical (unpaired) electrons. The second kappa shape index (κ2) is 8.44. The Morgan fingerprint density at radius 2 is 2.00 bits per heavy atom. The van der Waals surface area contributed by atoms with Gasteiger partial charge < -0.3 is 0 Å². The average molecular weight is 409 g/mol. The molecule has 1 N–H and O–H groups in total. The highest BCUT2D eigenvalue weighted by Crippen LogP contribution is 2.42. The van der Waals surface area contributed by atoms with Crippen LogP contribution in [0.15, 0.2) is 6.07 Å². The molecule has 4 fully saturated rings. The molecule has 4 unspecified atom stereocenters. The van der Waals surface area contributed by atoms with Crippen LogP contribution in [-0.2, 0) is 17.1 Å². The number of sulfonamides is 1. The Kier molecular flexibility index (Phi) is 6.14. The third kappa shape index (κ3) is 4.31. The van der Waals surface area contributed by atoms with E-state index in [0.29, 0.717) is 36.8 Å². The van der Waals surface area contributed by atoms with Crippen LogP contribution in [0.1, 0.15) is 81.5 Å². The fourth-order valence-electron chi connectivity index (χ4n) is 5.70. The van der Waals surface area contributed by atoms with Crippen molar-refractivity contribution in [2.45, 2.75) is 76.2 Å². The number of aromatic nitrogens is 2. The fourth-order valence-corrected chi connectivity index (χ4v) is 6.83. The summed E-state index contributed by atoms with van der Waals surface area (Å²) < 4.78 is 29.0.